The maximum Gasteiger partial charge on any atom is 0.335 e. The second-order valence-electron chi connectivity index (χ2n) is 4.11. The van der Waals surface area contributed by atoms with Crippen molar-refractivity contribution < 1.29 is 9.90 Å². The Labute approximate surface area is 118 Å². The highest BCUT2D eigenvalue weighted by atomic mass is 32.1. The van der Waals surface area contributed by atoms with Gasteiger partial charge < -0.3 is 5.11 Å². The van der Waals surface area contributed by atoms with Crippen LogP contribution in [0, 0.1) is 0 Å². The predicted octanol–water partition coefficient (Wildman–Crippen LogP) is 2.30. The van der Waals surface area contributed by atoms with Gasteiger partial charge in [0.2, 0.25) is 0 Å². The normalized spacial score (nSPS) is 10.7. The highest BCUT2D eigenvalue weighted by molar-refractivity contribution is 7.13. The maximum absolute atomic E-state index is 11.0. The molecular weight excluding hydrogens is 276 g/mol. The molecule has 1 N–H and O–H groups in total. The van der Waals surface area contributed by atoms with Crippen LogP contribution in [0.2, 0.25) is 0 Å². The number of carbonyl (C=O) groups is 1. The largest absolute Gasteiger partial charge is 0.478 e. The Hall–Kier alpha value is -2.54. The van der Waals surface area contributed by atoms with E-state index in [9.17, 15) is 4.79 Å². The Balaban J connectivity index is 2.00. The molecule has 0 aliphatic heterocycles. The van der Waals surface area contributed by atoms with Gasteiger partial charge in [0.15, 0.2) is 0 Å². The zero-order chi connectivity index (χ0) is 14.1. The average molecular weight is 286 g/mol. The summed E-state index contributed by atoms with van der Waals surface area (Å²) in [5.41, 5.74) is 2.46. The molecule has 0 amide bonds. The van der Waals surface area contributed by atoms with Gasteiger partial charge in [-0.1, -0.05) is 0 Å². The molecule has 0 aliphatic rings. The zero-order valence-corrected chi connectivity index (χ0v) is 11.3. The second kappa shape index (κ2) is 4.86. The van der Waals surface area contributed by atoms with E-state index in [1.54, 1.807) is 10.9 Å². The van der Waals surface area contributed by atoms with E-state index in [4.69, 9.17) is 5.11 Å². The predicted molar refractivity (Wildman–Crippen MR) is 74.5 cm³/mol. The minimum absolute atomic E-state index is 0.201. The number of hydrogen-bond acceptors (Lipinski definition) is 5. The van der Waals surface area contributed by atoms with E-state index in [2.05, 4.69) is 15.1 Å². The Kier molecular flexibility index (Phi) is 3.03. The number of thiazole rings is 1. The molecular formula is C13H10N4O2S. The maximum atomic E-state index is 11.0. The Morgan fingerprint density at radius 1 is 1.30 bits per heavy atom. The van der Waals surface area contributed by atoms with Crippen LogP contribution in [0.4, 0.5) is 0 Å². The van der Waals surface area contributed by atoms with Crippen molar-refractivity contribution in [2.45, 2.75) is 0 Å². The van der Waals surface area contributed by atoms with Crippen LogP contribution in [0.15, 0.2) is 36.0 Å². The standard InChI is InChI=1S/C13H10N4O2S/c1-17-11(3-5-15-17)10-7-20-12(16-10)9-6-8(13(18)19)2-4-14-9/h2-7H,1H3,(H,18,19). The van der Waals surface area contributed by atoms with Crippen LogP contribution in [0.25, 0.3) is 22.1 Å². The molecule has 100 valence electrons. The van der Waals surface area contributed by atoms with Gasteiger partial charge in [-0.3, -0.25) is 9.67 Å². The van der Waals surface area contributed by atoms with Crippen LogP contribution >= 0.6 is 11.3 Å². The number of aryl methyl sites for hydroxylation is 1. The van der Waals surface area contributed by atoms with Crippen LogP contribution in [0.5, 0.6) is 0 Å². The van der Waals surface area contributed by atoms with Crippen LogP contribution in [-0.2, 0) is 7.05 Å². The van der Waals surface area contributed by atoms with Crippen molar-refractivity contribution in [3.63, 3.8) is 0 Å². The molecule has 6 nitrogen and oxygen atoms in total. The van der Waals surface area contributed by atoms with Crippen molar-refractivity contribution in [3.8, 4) is 22.1 Å². The molecule has 20 heavy (non-hydrogen) atoms. The van der Waals surface area contributed by atoms with Crippen LogP contribution in [0.3, 0.4) is 0 Å². The Morgan fingerprint density at radius 3 is 2.85 bits per heavy atom. The van der Waals surface area contributed by atoms with E-state index in [1.165, 1.54) is 29.7 Å². The van der Waals surface area contributed by atoms with Gasteiger partial charge in [0.25, 0.3) is 0 Å². The summed E-state index contributed by atoms with van der Waals surface area (Å²) < 4.78 is 1.74. The summed E-state index contributed by atoms with van der Waals surface area (Å²) >= 11 is 1.42. The molecule has 3 heterocycles. The Morgan fingerprint density at radius 2 is 2.15 bits per heavy atom. The first kappa shape index (κ1) is 12.5. The molecule has 0 unspecified atom stereocenters. The van der Waals surface area contributed by atoms with Gasteiger partial charge in [-0.05, 0) is 18.2 Å². The fourth-order valence-electron chi connectivity index (χ4n) is 1.81. The third-order valence-electron chi connectivity index (χ3n) is 2.81. The summed E-state index contributed by atoms with van der Waals surface area (Å²) in [6.07, 6.45) is 3.18. The lowest BCUT2D eigenvalue weighted by Gasteiger charge is -1.98. The van der Waals surface area contributed by atoms with Gasteiger partial charge >= 0.3 is 5.97 Å². The molecule has 0 saturated heterocycles. The van der Waals surface area contributed by atoms with E-state index in [-0.39, 0.29) is 5.56 Å². The van der Waals surface area contributed by atoms with Crippen LogP contribution in [-0.4, -0.2) is 30.8 Å². The molecule has 0 fully saturated rings. The second-order valence-corrected chi connectivity index (χ2v) is 4.97. The first-order valence-electron chi connectivity index (χ1n) is 5.79. The minimum atomic E-state index is -0.975. The lowest BCUT2D eigenvalue weighted by atomic mass is 10.2. The SMILES string of the molecule is Cn1nccc1-c1csc(-c2cc(C(=O)O)ccn2)n1. The highest BCUT2D eigenvalue weighted by Crippen LogP contribution is 2.27. The molecule has 0 radical (unpaired) electrons. The number of hydrogen-bond donors (Lipinski definition) is 1. The van der Waals surface area contributed by atoms with Crippen molar-refractivity contribution in [1.29, 1.82) is 0 Å². The first-order valence-corrected chi connectivity index (χ1v) is 6.67. The summed E-state index contributed by atoms with van der Waals surface area (Å²) in [5.74, 6) is -0.975. The molecule has 0 saturated carbocycles. The average Bonchev–Trinajstić information content (AvgIpc) is 3.07. The van der Waals surface area contributed by atoms with Gasteiger partial charge in [-0.15, -0.1) is 11.3 Å². The molecule has 0 aliphatic carbocycles. The summed E-state index contributed by atoms with van der Waals surface area (Å²) in [6.45, 7) is 0. The van der Waals surface area contributed by atoms with Crippen molar-refractivity contribution >= 4 is 17.3 Å². The first-order chi connectivity index (χ1) is 9.65. The van der Waals surface area contributed by atoms with Gasteiger partial charge in [0, 0.05) is 24.8 Å². The highest BCUT2D eigenvalue weighted by Gasteiger charge is 2.12. The van der Waals surface area contributed by atoms with Crippen LogP contribution < -0.4 is 0 Å². The fraction of sp³-hybridized carbons (Fsp3) is 0.0769. The van der Waals surface area contributed by atoms with E-state index < -0.39 is 5.97 Å². The number of carboxylic acids is 1. The summed E-state index contributed by atoms with van der Waals surface area (Å²) in [4.78, 5) is 19.6. The summed E-state index contributed by atoms with van der Waals surface area (Å²) in [5, 5.41) is 15.7. The van der Waals surface area contributed by atoms with E-state index in [0.717, 1.165) is 11.4 Å². The number of rotatable bonds is 3. The van der Waals surface area contributed by atoms with Gasteiger partial charge in [-0.25, -0.2) is 9.78 Å². The fourth-order valence-corrected chi connectivity index (χ4v) is 2.59. The lowest BCUT2D eigenvalue weighted by Crippen LogP contribution is -1.97. The smallest absolute Gasteiger partial charge is 0.335 e. The molecule has 0 atom stereocenters. The minimum Gasteiger partial charge on any atom is -0.478 e. The molecule has 0 aromatic carbocycles. The van der Waals surface area contributed by atoms with Crippen molar-refractivity contribution in [2.75, 3.05) is 0 Å². The van der Waals surface area contributed by atoms with Crippen molar-refractivity contribution in [2.24, 2.45) is 7.05 Å². The number of carboxylic acid groups (broad SMARTS) is 1. The summed E-state index contributed by atoms with van der Waals surface area (Å²) in [6, 6.07) is 4.86. The van der Waals surface area contributed by atoms with E-state index in [1.807, 2.05) is 18.5 Å². The lowest BCUT2D eigenvalue weighted by molar-refractivity contribution is 0.0697. The zero-order valence-electron chi connectivity index (χ0n) is 10.5. The van der Waals surface area contributed by atoms with E-state index >= 15 is 0 Å². The van der Waals surface area contributed by atoms with Gasteiger partial charge in [0.05, 0.1) is 17.0 Å². The molecule has 7 heteroatoms. The molecule has 3 aromatic rings. The van der Waals surface area contributed by atoms with Gasteiger partial charge in [0.1, 0.15) is 10.7 Å². The van der Waals surface area contributed by atoms with Gasteiger partial charge in [-0.2, -0.15) is 5.10 Å². The number of aromatic nitrogens is 4. The van der Waals surface area contributed by atoms with E-state index in [0.29, 0.717) is 10.7 Å². The summed E-state index contributed by atoms with van der Waals surface area (Å²) in [7, 11) is 1.84. The quantitative estimate of drug-likeness (QED) is 0.799. The third-order valence-corrected chi connectivity index (χ3v) is 3.68. The Bertz CT molecular complexity index is 778. The molecule has 0 bridgehead atoms. The third kappa shape index (κ3) is 2.19. The number of aromatic carboxylic acids is 1. The monoisotopic (exact) mass is 286 g/mol. The van der Waals surface area contributed by atoms with Crippen molar-refractivity contribution in [3.05, 3.63) is 41.5 Å². The molecule has 0 spiro atoms. The number of pyridine rings is 1. The number of nitrogens with zero attached hydrogens (tertiary/aromatic N) is 4. The van der Waals surface area contributed by atoms with Crippen molar-refractivity contribution in [1.82, 2.24) is 19.7 Å². The topological polar surface area (TPSA) is 80.9 Å². The molecule has 3 rings (SSSR count). The molecule has 3 aromatic heterocycles. The van der Waals surface area contributed by atoms with Crippen LogP contribution in [0.1, 0.15) is 10.4 Å².